The molecule has 0 bridgehead atoms. The summed E-state index contributed by atoms with van der Waals surface area (Å²) in [5.74, 6) is -2.00. The molecule has 0 aliphatic carbocycles. The highest BCUT2D eigenvalue weighted by molar-refractivity contribution is 5.93. The van der Waals surface area contributed by atoms with Crippen molar-refractivity contribution in [3.8, 4) is 17.0 Å². The lowest BCUT2D eigenvalue weighted by Crippen LogP contribution is -2.49. The maximum atomic E-state index is 13.3. The molecule has 1 heterocycles. The molecular weight excluding hydrogens is 450 g/mol. The summed E-state index contributed by atoms with van der Waals surface area (Å²) in [5, 5.41) is 9.90. The first-order chi connectivity index (χ1) is 16.2. The van der Waals surface area contributed by atoms with Gasteiger partial charge in [-0.1, -0.05) is 30.3 Å². The number of nitrogens with one attached hydrogen (secondary N) is 2. The topological polar surface area (TPSA) is 67.0 Å². The number of aromatic nitrogens is 2. The van der Waals surface area contributed by atoms with Gasteiger partial charge in [0.2, 0.25) is 0 Å². The highest BCUT2D eigenvalue weighted by atomic mass is 19.4. The number of carbonyl (C=O) groups excluding carboxylic acids is 1. The van der Waals surface area contributed by atoms with Gasteiger partial charge in [0.25, 0.3) is 0 Å². The van der Waals surface area contributed by atoms with Gasteiger partial charge < -0.3 is 10.1 Å². The number of amides is 1. The lowest BCUT2D eigenvalue weighted by molar-refractivity contribution is -0.174. The molecule has 0 spiro atoms. The van der Waals surface area contributed by atoms with Crippen molar-refractivity contribution in [3.05, 3.63) is 84.2 Å². The van der Waals surface area contributed by atoms with Crippen LogP contribution in [0.3, 0.4) is 0 Å². The summed E-state index contributed by atoms with van der Waals surface area (Å²) in [6, 6.07) is 19.2. The number of hydrogen-bond donors (Lipinski definition) is 2. The van der Waals surface area contributed by atoms with Gasteiger partial charge in [-0.05, 0) is 55.0 Å². The number of carbonyl (C=O) groups is 1. The molecule has 1 amide bonds. The largest absolute Gasteiger partial charge is 0.488 e. The second-order valence-corrected chi connectivity index (χ2v) is 7.89. The molecule has 0 saturated carbocycles. The summed E-state index contributed by atoms with van der Waals surface area (Å²) in [6.45, 7) is 1.47. The average molecular weight is 471 g/mol. The number of ether oxygens (including phenoxy) is 1. The Bertz CT molecular complexity index is 1270. The predicted octanol–water partition coefficient (Wildman–Crippen LogP) is 5.43. The van der Waals surface area contributed by atoms with Crippen LogP contribution < -0.4 is 10.1 Å². The number of hydrogen-bond acceptors (Lipinski definition) is 3. The molecule has 0 aliphatic rings. The van der Waals surface area contributed by atoms with E-state index in [1.165, 1.54) is 19.1 Å². The molecule has 4 rings (SSSR count). The molecule has 0 saturated heterocycles. The molecule has 0 aliphatic heterocycles. The van der Waals surface area contributed by atoms with Crippen molar-refractivity contribution < 1.29 is 27.1 Å². The van der Waals surface area contributed by atoms with Crippen molar-refractivity contribution in [1.29, 1.82) is 0 Å². The SMILES string of the molecule is C[C@H](NC(=O)C(F)(F)F)[C@@H](Cc1ccccc1)Oc1ccc2[nH]nc(-c3ccc(F)cc3)c2c1. The second-order valence-electron chi connectivity index (χ2n) is 7.89. The Labute approximate surface area is 192 Å². The molecular formula is C25H21F4N3O2. The number of halogens is 4. The standard InChI is InChI=1S/C25H21F4N3O2/c1-15(30-24(33)25(27,28)29)22(13-16-5-3-2-4-6-16)34-19-11-12-21-20(14-19)23(32-31-21)17-7-9-18(26)10-8-17/h2-12,14-15,22H,13H2,1H3,(H,30,33)(H,31,32)/t15-,22+/m0/s1. The zero-order valence-electron chi connectivity index (χ0n) is 18.1. The smallest absolute Gasteiger partial charge is 0.471 e. The molecule has 2 atom stereocenters. The zero-order chi connectivity index (χ0) is 24.3. The van der Waals surface area contributed by atoms with E-state index >= 15 is 0 Å². The molecule has 176 valence electrons. The quantitative estimate of drug-likeness (QED) is 0.354. The summed E-state index contributed by atoms with van der Waals surface area (Å²) in [4.78, 5) is 11.5. The third kappa shape index (κ3) is 5.36. The summed E-state index contributed by atoms with van der Waals surface area (Å²) in [5.41, 5.74) is 2.83. The Kier molecular flexibility index (Phi) is 6.54. The van der Waals surface area contributed by atoms with E-state index in [0.29, 0.717) is 27.9 Å². The fraction of sp³-hybridized carbons (Fsp3) is 0.200. The van der Waals surface area contributed by atoms with E-state index < -0.39 is 24.2 Å². The maximum Gasteiger partial charge on any atom is 0.471 e. The van der Waals surface area contributed by atoms with E-state index in [4.69, 9.17) is 4.74 Å². The van der Waals surface area contributed by atoms with Gasteiger partial charge in [-0.3, -0.25) is 9.89 Å². The van der Waals surface area contributed by atoms with Crippen molar-refractivity contribution >= 4 is 16.8 Å². The molecule has 0 unspecified atom stereocenters. The number of rotatable bonds is 7. The van der Waals surface area contributed by atoms with Crippen LogP contribution in [0.1, 0.15) is 12.5 Å². The average Bonchev–Trinajstić information content (AvgIpc) is 3.22. The van der Waals surface area contributed by atoms with Crippen LogP contribution in [0.25, 0.3) is 22.2 Å². The fourth-order valence-electron chi connectivity index (χ4n) is 3.62. The molecule has 34 heavy (non-hydrogen) atoms. The minimum absolute atomic E-state index is 0.272. The highest BCUT2D eigenvalue weighted by Gasteiger charge is 2.40. The van der Waals surface area contributed by atoms with Crippen molar-refractivity contribution in [2.75, 3.05) is 0 Å². The number of alkyl halides is 3. The first kappa shape index (κ1) is 23.3. The first-order valence-electron chi connectivity index (χ1n) is 10.5. The number of H-pyrrole nitrogens is 1. The Hall–Kier alpha value is -3.88. The van der Waals surface area contributed by atoms with E-state index in [1.54, 1.807) is 30.3 Å². The van der Waals surface area contributed by atoms with Crippen LogP contribution in [0.2, 0.25) is 0 Å². The van der Waals surface area contributed by atoms with Crippen LogP contribution in [0.5, 0.6) is 5.75 Å². The van der Waals surface area contributed by atoms with E-state index in [1.807, 2.05) is 35.6 Å². The number of aromatic amines is 1. The van der Waals surface area contributed by atoms with Gasteiger partial charge >= 0.3 is 12.1 Å². The molecule has 0 radical (unpaired) electrons. The number of fused-ring (bicyclic) bond motifs is 1. The van der Waals surface area contributed by atoms with Gasteiger partial charge in [0.05, 0.1) is 11.6 Å². The van der Waals surface area contributed by atoms with Crippen LogP contribution in [0, 0.1) is 5.82 Å². The lowest BCUT2D eigenvalue weighted by Gasteiger charge is -2.26. The third-order valence-corrected chi connectivity index (χ3v) is 5.39. The van der Waals surface area contributed by atoms with Crippen LogP contribution in [0.4, 0.5) is 17.6 Å². The Balaban J connectivity index is 1.63. The first-order valence-corrected chi connectivity index (χ1v) is 10.5. The van der Waals surface area contributed by atoms with Crippen molar-refractivity contribution in [3.63, 3.8) is 0 Å². The van der Waals surface area contributed by atoms with E-state index in [9.17, 15) is 22.4 Å². The molecule has 2 N–H and O–H groups in total. The van der Waals surface area contributed by atoms with Gasteiger partial charge in [0.15, 0.2) is 0 Å². The summed E-state index contributed by atoms with van der Waals surface area (Å²) in [6.07, 6.45) is -5.51. The van der Waals surface area contributed by atoms with Crippen LogP contribution in [-0.2, 0) is 11.2 Å². The zero-order valence-corrected chi connectivity index (χ0v) is 18.1. The van der Waals surface area contributed by atoms with Gasteiger partial charge in [-0.2, -0.15) is 18.3 Å². The normalized spacial score (nSPS) is 13.4. The monoisotopic (exact) mass is 471 g/mol. The molecule has 0 fully saturated rings. The van der Waals surface area contributed by atoms with E-state index in [2.05, 4.69) is 10.2 Å². The van der Waals surface area contributed by atoms with E-state index in [0.717, 1.165) is 5.56 Å². The van der Waals surface area contributed by atoms with Crippen LogP contribution in [-0.4, -0.2) is 34.4 Å². The summed E-state index contributed by atoms with van der Waals surface area (Å²) < 4.78 is 57.8. The molecule has 5 nitrogen and oxygen atoms in total. The Morgan fingerprint density at radius 2 is 1.76 bits per heavy atom. The second kappa shape index (κ2) is 9.54. The van der Waals surface area contributed by atoms with E-state index in [-0.39, 0.29) is 12.2 Å². The van der Waals surface area contributed by atoms with Gasteiger partial charge in [0, 0.05) is 17.4 Å². The molecule has 4 aromatic rings. The Morgan fingerprint density at radius 1 is 1.06 bits per heavy atom. The lowest BCUT2D eigenvalue weighted by atomic mass is 10.0. The van der Waals surface area contributed by atoms with Crippen molar-refractivity contribution in [1.82, 2.24) is 15.5 Å². The van der Waals surface area contributed by atoms with Crippen molar-refractivity contribution in [2.45, 2.75) is 31.7 Å². The number of nitrogens with zero attached hydrogens (tertiary/aromatic N) is 1. The number of benzene rings is 3. The highest BCUT2D eigenvalue weighted by Crippen LogP contribution is 2.30. The predicted molar refractivity (Wildman–Crippen MR) is 120 cm³/mol. The minimum Gasteiger partial charge on any atom is -0.488 e. The van der Waals surface area contributed by atoms with Gasteiger partial charge in [-0.15, -0.1) is 0 Å². The molecule has 1 aromatic heterocycles. The molecule has 9 heteroatoms. The fourth-order valence-corrected chi connectivity index (χ4v) is 3.62. The van der Waals surface area contributed by atoms with Gasteiger partial charge in [-0.25, -0.2) is 4.39 Å². The third-order valence-electron chi connectivity index (χ3n) is 5.39. The van der Waals surface area contributed by atoms with Gasteiger partial charge in [0.1, 0.15) is 23.4 Å². The van der Waals surface area contributed by atoms with Crippen LogP contribution in [0.15, 0.2) is 72.8 Å². The summed E-state index contributed by atoms with van der Waals surface area (Å²) in [7, 11) is 0. The molecule has 3 aromatic carbocycles. The minimum atomic E-state index is -4.99. The maximum absolute atomic E-state index is 13.3. The van der Waals surface area contributed by atoms with Crippen LogP contribution >= 0.6 is 0 Å². The Morgan fingerprint density at radius 3 is 2.44 bits per heavy atom. The summed E-state index contributed by atoms with van der Waals surface area (Å²) >= 11 is 0. The van der Waals surface area contributed by atoms with Crippen molar-refractivity contribution in [2.24, 2.45) is 0 Å².